The molecule has 236 valence electrons. The molecule has 46 heavy (non-hydrogen) atoms. The van der Waals surface area contributed by atoms with Crippen LogP contribution in [-0.4, -0.2) is 68.1 Å². The molecular weight excluding hydrogens is 588 g/mol. The number of nitrogens with zero attached hydrogens (tertiary/aromatic N) is 5. The molecule has 10 nitrogen and oxygen atoms in total. The number of aromatic amines is 2. The van der Waals surface area contributed by atoms with Crippen LogP contribution in [0.15, 0.2) is 61.1 Å². The molecule has 0 saturated carbocycles. The third-order valence-corrected chi connectivity index (χ3v) is 7.36. The molecule has 1 amide bonds. The molecule has 4 heterocycles. The van der Waals surface area contributed by atoms with Gasteiger partial charge in [-0.3, -0.25) is 19.9 Å². The van der Waals surface area contributed by atoms with Crippen molar-refractivity contribution < 1.29 is 13.6 Å². The van der Waals surface area contributed by atoms with E-state index >= 15 is 4.39 Å². The van der Waals surface area contributed by atoms with Crippen molar-refractivity contribution in [3.8, 4) is 33.9 Å². The van der Waals surface area contributed by atoms with Gasteiger partial charge in [0.15, 0.2) is 5.82 Å². The Morgan fingerprint density at radius 3 is 2.54 bits per heavy atom. The van der Waals surface area contributed by atoms with Crippen LogP contribution >= 0.6 is 0 Å². The fourth-order valence-electron chi connectivity index (χ4n) is 5.29. The van der Waals surface area contributed by atoms with Gasteiger partial charge in [0, 0.05) is 65.7 Å². The van der Waals surface area contributed by atoms with Crippen LogP contribution in [-0.2, 0) is 4.79 Å². The molecule has 6 aromatic rings. The number of pyridine rings is 2. The Kier molecular flexibility index (Phi) is 8.22. The summed E-state index contributed by atoms with van der Waals surface area (Å²) in [6, 6.07) is 11.3. The Bertz CT molecular complexity index is 2060. The minimum absolute atomic E-state index is 0.145. The van der Waals surface area contributed by atoms with Crippen LogP contribution in [0.25, 0.3) is 55.8 Å². The van der Waals surface area contributed by atoms with Gasteiger partial charge in [-0.1, -0.05) is 20.8 Å². The van der Waals surface area contributed by atoms with E-state index in [9.17, 15) is 9.18 Å². The van der Waals surface area contributed by atoms with E-state index in [1.54, 1.807) is 30.6 Å². The highest BCUT2D eigenvalue weighted by atomic mass is 19.1. The van der Waals surface area contributed by atoms with Crippen molar-refractivity contribution >= 4 is 39.2 Å². The van der Waals surface area contributed by atoms with Gasteiger partial charge in [-0.05, 0) is 55.9 Å². The first-order chi connectivity index (χ1) is 21.9. The Morgan fingerprint density at radius 1 is 0.957 bits per heavy atom. The summed E-state index contributed by atoms with van der Waals surface area (Å²) in [5.74, 6) is -0.567. The number of carbonyl (C=O) groups excluding carboxylic acids is 1. The van der Waals surface area contributed by atoms with Gasteiger partial charge >= 0.3 is 0 Å². The highest BCUT2D eigenvalue weighted by Gasteiger charge is 2.20. The predicted molar refractivity (Wildman–Crippen MR) is 177 cm³/mol. The average Bonchev–Trinajstić information content (AvgIpc) is 3.59. The molecule has 0 fully saturated rings. The number of hydrogen-bond acceptors (Lipinski definition) is 7. The topological polar surface area (TPSA) is 128 Å². The second-order valence-electron chi connectivity index (χ2n) is 12.8. The molecule has 0 radical (unpaired) electrons. The fourth-order valence-corrected chi connectivity index (χ4v) is 5.29. The van der Waals surface area contributed by atoms with Crippen LogP contribution in [0.1, 0.15) is 27.2 Å². The summed E-state index contributed by atoms with van der Waals surface area (Å²) >= 11 is 0. The zero-order valence-corrected chi connectivity index (χ0v) is 26.3. The lowest BCUT2D eigenvalue weighted by atomic mass is 9.92. The zero-order chi connectivity index (χ0) is 32.6. The summed E-state index contributed by atoms with van der Waals surface area (Å²) in [5.41, 5.74) is 5.02. The van der Waals surface area contributed by atoms with E-state index in [2.05, 4.69) is 35.8 Å². The van der Waals surface area contributed by atoms with Crippen LogP contribution in [0, 0.1) is 17.0 Å². The van der Waals surface area contributed by atoms with Crippen molar-refractivity contribution in [2.75, 3.05) is 37.8 Å². The minimum atomic E-state index is -0.472. The third kappa shape index (κ3) is 6.71. The van der Waals surface area contributed by atoms with E-state index in [-0.39, 0.29) is 17.1 Å². The van der Waals surface area contributed by atoms with E-state index in [0.717, 1.165) is 6.54 Å². The SMILES string of the molecule is CN(C)CCNc1cc(F)cc(-c2nccc3[nH]c(-c4n[nH]c5cc(F)c(-c6cncc(NC(=O)CC(C)(C)C)c6)cc45)nc23)c1. The first kappa shape index (κ1) is 30.8. The summed E-state index contributed by atoms with van der Waals surface area (Å²) < 4.78 is 30.1. The molecule has 0 aliphatic rings. The standard InChI is InChI=1S/C34H35F2N9O/c1-34(2,3)16-29(46)40-23-12-20(17-37-18-23)24-14-25-28(15-26(24)36)43-44-31(25)33-41-27-6-7-39-30(32(27)42-33)19-10-21(35)13-22(11-19)38-8-9-45(4)5/h6-7,10-15,17-18,38H,8-9,16H2,1-5H3,(H,40,46)(H,41,42)(H,43,44). The maximum Gasteiger partial charge on any atom is 0.224 e. The molecule has 0 spiro atoms. The number of halogens is 2. The minimum Gasteiger partial charge on any atom is -0.384 e. The number of imidazole rings is 1. The number of fused-ring (bicyclic) bond motifs is 2. The fraction of sp³-hybridized carbons (Fsp3) is 0.265. The molecule has 0 atom stereocenters. The Morgan fingerprint density at radius 2 is 1.76 bits per heavy atom. The summed E-state index contributed by atoms with van der Waals surface area (Å²) in [7, 11) is 3.95. The van der Waals surface area contributed by atoms with Gasteiger partial charge in [-0.2, -0.15) is 5.10 Å². The van der Waals surface area contributed by atoms with Gasteiger partial charge < -0.3 is 20.5 Å². The van der Waals surface area contributed by atoms with E-state index in [0.29, 0.717) is 80.2 Å². The number of rotatable bonds is 9. The molecule has 0 unspecified atom stereocenters. The molecule has 0 aliphatic carbocycles. The molecule has 0 saturated heterocycles. The smallest absolute Gasteiger partial charge is 0.224 e. The molecule has 6 rings (SSSR count). The zero-order valence-electron chi connectivity index (χ0n) is 26.3. The van der Waals surface area contributed by atoms with Gasteiger partial charge in [0.2, 0.25) is 5.91 Å². The quantitative estimate of drug-likeness (QED) is 0.139. The van der Waals surface area contributed by atoms with Crippen LogP contribution in [0.2, 0.25) is 0 Å². The molecule has 2 aromatic carbocycles. The summed E-state index contributed by atoms with van der Waals surface area (Å²) in [6.45, 7) is 7.40. The van der Waals surface area contributed by atoms with Crippen LogP contribution < -0.4 is 10.6 Å². The number of likely N-dealkylation sites (N-methyl/N-ethyl adjacent to an activating group) is 1. The molecule has 12 heteroatoms. The van der Waals surface area contributed by atoms with Crippen molar-refractivity contribution in [3.63, 3.8) is 0 Å². The van der Waals surface area contributed by atoms with E-state index in [1.165, 1.54) is 24.4 Å². The predicted octanol–water partition coefficient (Wildman–Crippen LogP) is 6.86. The maximum atomic E-state index is 15.4. The summed E-state index contributed by atoms with van der Waals surface area (Å²) in [6.07, 6.45) is 5.05. The van der Waals surface area contributed by atoms with Gasteiger partial charge in [-0.25, -0.2) is 13.8 Å². The highest BCUT2D eigenvalue weighted by molar-refractivity contribution is 5.98. The first-order valence-corrected chi connectivity index (χ1v) is 14.9. The number of H-pyrrole nitrogens is 2. The largest absolute Gasteiger partial charge is 0.384 e. The molecule has 4 N–H and O–H groups in total. The van der Waals surface area contributed by atoms with Crippen molar-refractivity contribution in [1.29, 1.82) is 0 Å². The second kappa shape index (κ2) is 12.3. The summed E-state index contributed by atoms with van der Waals surface area (Å²) in [5, 5.41) is 14.1. The number of anilines is 2. The first-order valence-electron chi connectivity index (χ1n) is 14.9. The van der Waals surface area contributed by atoms with E-state index < -0.39 is 5.82 Å². The number of amides is 1. The van der Waals surface area contributed by atoms with Crippen LogP contribution in [0.5, 0.6) is 0 Å². The summed E-state index contributed by atoms with van der Waals surface area (Å²) in [4.78, 5) is 31.4. The Labute approximate surface area is 264 Å². The molecule has 0 bridgehead atoms. The normalized spacial score (nSPS) is 11.9. The lowest BCUT2D eigenvalue weighted by Gasteiger charge is -2.17. The van der Waals surface area contributed by atoms with Crippen molar-refractivity contribution in [2.24, 2.45) is 5.41 Å². The van der Waals surface area contributed by atoms with Crippen LogP contribution in [0.4, 0.5) is 20.2 Å². The molecule has 4 aromatic heterocycles. The monoisotopic (exact) mass is 623 g/mol. The van der Waals surface area contributed by atoms with Gasteiger partial charge in [0.05, 0.1) is 28.6 Å². The van der Waals surface area contributed by atoms with Crippen molar-refractivity contribution in [2.45, 2.75) is 27.2 Å². The van der Waals surface area contributed by atoms with Crippen molar-refractivity contribution in [3.05, 3.63) is 72.7 Å². The van der Waals surface area contributed by atoms with Gasteiger partial charge in [-0.15, -0.1) is 0 Å². The third-order valence-electron chi connectivity index (χ3n) is 7.36. The molecule has 0 aliphatic heterocycles. The van der Waals surface area contributed by atoms with Gasteiger partial charge in [0.25, 0.3) is 0 Å². The van der Waals surface area contributed by atoms with E-state index in [1.807, 2.05) is 45.8 Å². The highest BCUT2D eigenvalue weighted by Crippen LogP contribution is 2.35. The number of benzene rings is 2. The maximum absolute atomic E-state index is 15.4. The molecular formula is C34H35F2N9O. The Hall–Kier alpha value is -5.23. The second-order valence-corrected chi connectivity index (χ2v) is 12.8. The lowest BCUT2D eigenvalue weighted by Crippen LogP contribution is -2.20. The van der Waals surface area contributed by atoms with Gasteiger partial charge in [0.1, 0.15) is 22.8 Å². The number of nitrogens with one attached hydrogen (secondary N) is 4. The average molecular weight is 624 g/mol. The lowest BCUT2D eigenvalue weighted by molar-refractivity contribution is -0.117. The number of hydrogen-bond donors (Lipinski definition) is 4. The van der Waals surface area contributed by atoms with E-state index in [4.69, 9.17) is 4.98 Å². The Balaban J connectivity index is 1.35. The van der Waals surface area contributed by atoms with Crippen LogP contribution in [0.3, 0.4) is 0 Å². The number of carbonyl (C=O) groups is 1. The number of aromatic nitrogens is 6. The van der Waals surface area contributed by atoms with Crippen molar-refractivity contribution in [1.82, 2.24) is 35.0 Å².